The van der Waals surface area contributed by atoms with Crippen LogP contribution in [-0.2, 0) is 7.05 Å². The minimum Gasteiger partial charge on any atom is -0.309 e. The zero-order valence-electron chi connectivity index (χ0n) is 11.5. The van der Waals surface area contributed by atoms with E-state index in [4.69, 9.17) is 0 Å². The van der Waals surface area contributed by atoms with Gasteiger partial charge in [-0.15, -0.1) is 0 Å². The molecule has 2 heterocycles. The van der Waals surface area contributed by atoms with Gasteiger partial charge in [-0.2, -0.15) is 5.10 Å². The van der Waals surface area contributed by atoms with Crippen molar-refractivity contribution in [2.75, 3.05) is 6.54 Å². The van der Waals surface area contributed by atoms with E-state index in [-0.39, 0.29) is 0 Å². The van der Waals surface area contributed by atoms with Crippen LogP contribution in [0.1, 0.15) is 74.6 Å². The van der Waals surface area contributed by atoms with Crippen LogP contribution in [-0.4, -0.2) is 16.3 Å². The third-order valence-electron chi connectivity index (χ3n) is 4.70. The van der Waals surface area contributed by atoms with Crippen LogP contribution in [0.3, 0.4) is 0 Å². The molecule has 1 aromatic heterocycles. The van der Waals surface area contributed by atoms with E-state index in [1.807, 2.05) is 0 Å². The fraction of sp³-hybridized carbons (Fsp3) is 0.800. The first-order valence-electron chi connectivity index (χ1n) is 7.61. The molecule has 100 valence electrons. The summed E-state index contributed by atoms with van der Waals surface area (Å²) in [5.41, 5.74) is 3.01. The molecule has 18 heavy (non-hydrogen) atoms. The first-order valence-corrected chi connectivity index (χ1v) is 7.61. The fourth-order valence-electron chi connectivity index (χ4n) is 3.70. The van der Waals surface area contributed by atoms with Crippen LogP contribution in [0.5, 0.6) is 0 Å². The molecule has 0 radical (unpaired) electrons. The molecule has 2 aliphatic rings. The number of rotatable bonds is 2. The Morgan fingerprint density at radius 3 is 2.61 bits per heavy atom. The quantitative estimate of drug-likeness (QED) is 0.869. The van der Waals surface area contributed by atoms with Gasteiger partial charge in [0.25, 0.3) is 0 Å². The summed E-state index contributed by atoms with van der Waals surface area (Å²) >= 11 is 0. The molecule has 1 saturated carbocycles. The summed E-state index contributed by atoms with van der Waals surface area (Å²) in [5, 5.41) is 8.22. The highest BCUT2D eigenvalue weighted by Gasteiger charge is 2.26. The van der Waals surface area contributed by atoms with Crippen molar-refractivity contribution in [2.45, 2.75) is 63.3 Å². The molecule has 3 rings (SSSR count). The van der Waals surface area contributed by atoms with Gasteiger partial charge in [-0.25, -0.2) is 0 Å². The first-order chi connectivity index (χ1) is 8.86. The Hall–Kier alpha value is -0.830. The molecule has 3 heteroatoms. The highest BCUT2D eigenvalue weighted by atomic mass is 15.3. The second-order valence-corrected chi connectivity index (χ2v) is 5.95. The summed E-state index contributed by atoms with van der Waals surface area (Å²) in [6, 6.07) is 0.545. The summed E-state index contributed by atoms with van der Waals surface area (Å²) in [6.45, 7) is 1.17. The van der Waals surface area contributed by atoms with Gasteiger partial charge in [-0.3, -0.25) is 4.68 Å². The molecule has 1 aromatic rings. The largest absolute Gasteiger partial charge is 0.309 e. The van der Waals surface area contributed by atoms with Crippen LogP contribution in [0.2, 0.25) is 0 Å². The number of aromatic nitrogens is 2. The van der Waals surface area contributed by atoms with E-state index in [2.05, 4.69) is 28.3 Å². The number of piperidine rings is 1. The minimum absolute atomic E-state index is 0.545. The van der Waals surface area contributed by atoms with Gasteiger partial charge in [0.05, 0.1) is 11.9 Å². The molecule has 1 N–H and O–H groups in total. The maximum Gasteiger partial charge on any atom is 0.0585 e. The lowest BCUT2D eigenvalue weighted by molar-refractivity contribution is 0.382. The Bertz CT molecular complexity index is 384. The van der Waals surface area contributed by atoms with Crippen LogP contribution in [0, 0.1) is 0 Å². The molecular formula is C15H25N3. The predicted molar refractivity (Wildman–Crippen MR) is 73.6 cm³/mol. The smallest absolute Gasteiger partial charge is 0.0585 e. The van der Waals surface area contributed by atoms with Crippen molar-refractivity contribution in [1.29, 1.82) is 0 Å². The zero-order valence-corrected chi connectivity index (χ0v) is 11.5. The van der Waals surface area contributed by atoms with Gasteiger partial charge in [-0.1, -0.05) is 25.7 Å². The average Bonchev–Trinajstić information content (AvgIpc) is 2.83. The maximum absolute atomic E-state index is 4.54. The molecule has 0 aromatic carbocycles. The van der Waals surface area contributed by atoms with Gasteiger partial charge in [0.1, 0.15) is 0 Å². The second-order valence-electron chi connectivity index (χ2n) is 5.95. The van der Waals surface area contributed by atoms with Gasteiger partial charge in [0.15, 0.2) is 0 Å². The summed E-state index contributed by atoms with van der Waals surface area (Å²) in [6.07, 6.45) is 13.1. The van der Waals surface area contributed by atoms with E-state index in [9.17, 15) is 0 Å². The topological polar surface area (TPSA) is 29.9 Å². The van der Waals surface area contributed by atoms with Gasteiger partial charge in [0, 0.05) is 13.1 Å². The molecule has 1 aliphatic carbocycles. The van der Waals surface area contributed by atoms with Gasteiger partial charge in [0.2, 0.25) is 0 Å². The molecule has 0 spiro atoms. The third kappa shape index (κ3) is 2.33. The van der Waals surface area contributed by atoms with Crippen LogP contribution >= 0.6 is 0 Å². The predicted octanol–water partition coefficient (Wildman–Crippen LogP) is 3.28. The highest BCUT2D eigenvalue weighted by molar-refractivity contribution is 5.26. The van der Waals surface area contributed by atoms with Crippen molar-refractivity contribution in [3.05, 3.63) is 17.5 Å². The fourth-order valence-corrected chi connectivity index (χ4v) is 3.70. The summed E-state index contributed by atoms with van der Waals surface area (Å²) in [7, 11) is 2.11. The zero-order chi connectivity index (χ0) is 12.4. The van der Waals surface area contributed by atoms with E-state index in [1.165, 1.54) is 69.2 Å². The Labute approximate surface area is 110 Å². The minimum atomic E-state index is 0.545. The summed E-state index contributed by atoms with van der Waals surface area (Å²) in [5.74, 6) is 0.770. The molecule has 1 saturated heterocycles. The monoisotopic (exact) mass is 247 g/mol. The Kier molecular flexibility index (Phi) is 3.69. The average molecular weight is 247 g/mol. The van der Waals surface area contributed by atoms with Crippen molar-refractivity contribution in [3.8, 4) is 0 Å². The molecule has 1 atom stereocenters. The van der Waals surface area contributed by atoms with E-state index < -0.39 is 0 Å². The molecule has 1 unspecified atom stereocenters. The van der Waals surface area contributed by atoms with E-state index in [0.29, 0.717) is 6.04 Å². The number of hydrogen-bond acceptors (Lipinski definition) is 2. The molecule has 2 fully saturated rings. The highest BCUT2D eigenvalue weighted by Crippen LogP contribution is 2.37. The lowest BCUT2D eigenvalue weighted by atomic mass is 9.82. The van der Waals surface area contributed by atoms with Crippen LogP contribution < -0.4 is 5.32 Å². The molecule has 0 amide bonds. The van der Waals surface area contributed by atoms with Crippen molar-refractivity contribution in [1.82, 2.24) is 15.1 Å². The molecule has 3 nitrogen and oxygen atoms in total. The standard InChI is InChI=1S/C15H25N3/c1-18-15(14-9-5-6-10-16-14)13(11-17-18)12-7-3-2-4-8-12/h11-12,14,16H,2-10H2,1H3. The van der Waals surface area contributed by atoms with Crippen LogP contribution in [0.25, 0.3) is 0 Å². The lowest BCUT2D eigenvalue weighted by Crippen LogP contribution is -2.29. The van der Waals surface area contributed by atoms with Gasteiger partial charge < -0.3 is 5.32 Å². The SMILES string of the molecule is Cn1ncc(C2CCCCC2)c1C1CCCCN1. The third-order valence-corrected chi connectivity index (χ3v) is 4.70. The Balaban J connectivity index is 1.85. The number of nitrogens with one attached hydrogen (secondary N) is 1. The Morgan fingerprint density at radius 1 is 1.11 bits per heavy atom. The van der Waals surface area contributed by atoms with Gasteiger partial charge in [-0.05, 0) is 43.7 Å². The summed E-state index contributed by atoms with van der Waals surface area (Å²) < 4.78 is 2.12. The first kappa shape index (κ1) is 12.2. The normalized spacial score (nSPS) is 26.4. The van der Waals surface area contributed by atoms with E-state index in [1.54, 1.807) is 0 Å². The van der Waals surface area contributed by atoms with Crippen molar-refractivity contribution in [2.24, 2.45) is 7.05 Å². The number of nitrogens with zero attached hydrogens (tertiary/aromatic N) is 2. The van der Waals surface area contributed by atoms with Gasteiger partial charge >= 0.3 is 0 Å². The van der Waals surface area contributed by atoms with Crippen molar-refractivity contribution in [3.63, 3.8) is 0 Å². The van der Waals surface area contributed by atoms with E-state index in [0.717, 1.165) is 5.92 Å². The van der Waals surface area contributed by atoms with Crippen LogP contribution in [0.4, 0.5) is 0 Å². The number of aryl methyl sites for hydroxylation is 1. The maximum atomic E-state index is 4.54. The second kappa shape index (κ2) is 5.43. The molecule has 0 bridgehead atoms. The molecular weight excluding hydrogens is 222 g/mol. The van der Waals surface area contributed by atoms with E-state index >= 15 is 0 Å². The Morgan fingerprint density at radius 2 is 1.89 bits per heavy atom. The number of hydrogen-bond donors (Lipinski definition) is 1. The molecule has 1 aliphatic heterocycles. The van der Waals surface area contributed by atoms with Crippen molar-refractivity contribution < 1.29 is 0 Å². The van der Waals surface area contributed by atoms with Crippen molar-refractivity contribution >= 4 is 0 Å². The lowest BCUT2D eigenvalue weighted by Gasteiger charge is -2.28. The van der Waals surface area contributed by atoms with Crippen LogP contribution in [0.15, 0.2) is 6.20 Å². The summed E-state index contributed by atoms with van der Waals surface area (Å²) in [4.78, 5) is 0.